The first-order chi connectivity index (χ1) is 9.38. The molecule has 0 N–H and O–H groups in total. The van der Waals surface area contributed by atoms with Gasteiger partial charge >= 0.3 is 6.15 Å². The van der Waals surface area contributed by atoms with Crippen molar-refractivity contribution in [2.24, 2.45) is 0 Å². The number of aryl methyl sites for hydroxylation is 1. The Bertz CT molecular complexity index is 693. The SMILES string of the molecule is Cc1ccc(-c2ccc(S(C)(=O)=O)cc2)cc1.O=C=O. The summed E-state index contributed by atoms with van der Waals surface area (Å²) < 4.78 is 22.7. The van der Waals surface area contributed by atoms with Gasteiger partial charge in [-0.25, -0.2) is 8.42 Å². The molecule has 104 valence electrons. The number of rotatable bonds is 2. The van der Waals surface area contributed by atoms with Crippen LogP contribution in [-0.2, 0) is 19.4 Å². The molecule has 0 aliphatic carbocycles. The van der Waals surface area contributed by atoms with Gasteiger partial charge in [0, 0.05) is 6.26 Å². The fourth-order valence-electron chi connectivity index (χ4n) is 1.64. The van der Waals surface area contributed by atoms with Gasteiger partial charge in [-0.2, -0.15) is 9.59 Å². The summed E-state index contributed by atoms with van der Waals surface area (Å²) in [5.74, 6) is 0. The molecule has 0 amide bonds. The lowest BCUT2D eigenvalue weighted by Crippen LogP contribution is -1.96. The molecule has 0 fully saturated rings. The lowest BCUT2D eigenvalue weighted by molar-refractivity contribution is -0.191. The van der Waals surface area contributed by atoms with E-state index < -0.39 is 9.84 Å². The van der Waals surface area contributed by atoms with Gasteiger partial charge in [0.25, 0.3) is 0 Å². The fraction of sp³-hybridized carbons (Fsp3) is 0.133. The molecule has 0 unspecified atom stereocenters. The zero-order valence-corrected chi connectivity index (χ0v) is 12.0. The molecule has 2 rings (SSSR count). The summed E-state index contributed by atoms with van der Waals surface area (Å²) in [6.07, 6.45) is 1.47. The molecule has 2 aromatic carbocycles. The maximum Gasteiger partial charge on any atom is 0.373 e. The highest BCUT2D eigenvalue weighted by molar-refractivity contribution is 7.90. The molecule has 0 saturated carbocycles. The van der Waals surface area contributed by atoms with E-state index in [1.54, 1.807) is 12.1 Å². The average Bonchev–Trinajstić information content (AvgIpc) is 2.40. The smallest absolute Gasteiger partial charge is 0.224 e. The number of sulfone groups is 1. The standard InChI is InChI=1S/C14H14O2S.CO2/c1-11-3-5-12(6-4-11)13-7-9-14(10-8-13)17(2,15)16;2-1-3/h3-10H,1-2H3;. The van der Waals surface area contributed by atoms with E-state index >= 15 is 0 Å². The molecule has 0 radical (unpaired) electrons. The molecule has 0 spiro atoms. The number of carbonyl (C=O) groups excluding carboxylic acids is 2. The van der Waals surface area contributed by atoms with Crippen LogP contribution in [0.15, 0.2) is 53.4 Å². The van der Waals surface area contributed by atoms with Gasteiger partial charge in [0.1, 0.15) is 0 Å². The Kier molecular flexibility index (Phi) is 5.38. The molecule has 20 heavy (non-hydrogen) atoms. The van der Waals surface area contributed by atoms with E-state index in [2.05, 4.69) is 0 Å². The first-order valence-electron chi connectivity index (χ1n) is 5.75. The molecule has 0 aromatic heterocycles. The van der Waals surface area contributed by atoms with Crippen molar-refractivity contribution in [3.63, 3.8) is 0 Å². The molecular formula is C15H14O4S. The summed E-state index contributed by atoms with van der Waals surface area (Å²) >= 11 is 0. The van der Waals surface area contributed by atoms with Gasteiger partial charge in [-0.1, -0.05) is 42.0 Å². The zero-order valence-electron chi connectivity index (χ0n) is 11.2. The molecule has 0 aliphatic heterocycles. The normalized spacial score (nSPS) is 10.1. The quantitative estimate of drug-likeness (QED) is 0.852. The average molecular weight is 290 g/mol. The van der Waals surface area contributed by atoms with Crippen LogP contribution in [0.4, 0.5) is 0 Å². The Morgan fingerprint density at radius 1 is 0.800 bits per heavy atom. The Labute approximate surface area is 118 Å². The summed E-state index contributed by atoms with van der Waals surface area (Å²) in [6.45, 7) is 2.04. The van der Waals surface area contributed by atoms with Gasteiger partial charge in [0.15, 0.2) is 9.84 Å². The van der Waals surface area contributed by atoms with Crippen LogP contribution in [0.3, 0.4) is 0 Å². The molecule has 0 bridgehead atoms. The van der Waals surface area contributed by atoms with Crippen LogP contribution in [0.1, 0.15) is 5.56 Å². The van der Waals surface area contributed by atoms with Crippen LogP contribution in [0.2, 0.25) is 0 Å². The minimum Gasteiger partial charge on any atom is -0.224 e. The van der Waals surface area contributed by atoms with Crippen LogP contribution in [0.5, 0.6) is 0 Å². The third kappa shape index (κ3) is 4.46. The number of benzene rings is 2. The Morgan fingerprint density at radius 3 is 1.50 bits per heavy atom. The second-order valence-corrected chi connectivity index (χ2v) is 6.26. The fourth-order valence-corrected chi connectivity index (χ4v) is 2.27. The molecule has 0 heterocycles. The zero-order chi connectivity index (χ0) is 15.2. The highest BCUT2D eigenvalue weighted by Gasteiger charge is 2.06. The molecule has 2 aromatic rings. The minimum absolute atomic E-state index is 0.250. The Morgan fingerprint density at radius 2 is 1.15 bits per heavy atom. The second kappa shape index (κ2) is 6.80. The topological polar surface area (TPSA) is 68.3 Å². The first kappa shape index (κ1) is 15.8. The second-order valence-electron chi connectivity index (χ2n) is 4.25. The van der Waals surface area contributed by atoms with Gasteiger partial charge < -0.3 is 0 Å². The monoisotopic (exact) mass is 290 g/mol. The van der Waals surface area contributed by atoms with Crippen LogP contribution >= 0.6 is 0 Å². The summed E-state index contributed by atoms with van der Waals surface area (Å²) in [5, 5.41) is 0. The number of hydrogen-bond acceptors (Lipinski definition) is 4. The molecule has 4 nitrogen and oxygen atoms in total. The molecular weight excluding hydrogens is 276 g/mol. The van der Waals surface area contributed by atoms with Crippen molar-refractivity contribution in [2.75, 3.05) is 6.26 Å². The molecule has 0 saturated heterocycles. The van der Waals surface area contributed by atoms with E-state index in [1.165, 1.54) is 11.8 Å². The highest BCUT2D eigenvalue weighted by atomic mass is 32.2. The van der Waals surface area contributed by atoms with Crippen molar-refractivity contribution in [1.29, 1.82) is 0 Å². The van der Waals surface area contributed by atoms with E-state index in [-0.39, 0.29) is 6.15 Å². The first-order valence-corrected chi connectivity index (χ1v) is 7.64. The van der Waals surface area contributed by atoms with Crippen molar-refractivity contribution >= 4 is 16.0 Å². The van der Waals surface area contributed by atoms with Gasteiger partial charge in [-0.15, -0.1) is 0 Å². The largest absolute Gasteiger partial charge is 0.373 e. The van der Waals surface area contributed by atoms with Gasteiger partial charge in [-0.3, -0.25) is 0 Å². The van der Waals surface area contributed by atoms with Gasteiger partial charge in [0.05, 0.1) is 4.90 Å². The predicted molar refractivity (Wildman–Crippen MR) is 74.7 cm³/mol. The van der Waals surface area contributed by atoms with Crippen molar-refractivity contribution < 1.29 is 18.0 Å². The van der Waals surface area contributed by atoms with Crippen LogP contribution in [0.25, 0.3) is 11.1 Å². The van der Waals surface area contributed by atoms with Crippen LogP contribution in [-0.4, -0.2) is 20.8 Å². The highest BCUT2D eigenvalue weighted by Crippen LogP contribution is 2.21. The van der Waals surface area contributed by atoms with E-state index in [9.17, 15) is 8.42 Å². The third-order valence-electron chi connectivity index (χ3n) is 2.67. The Balaban J connectivity index is 0.000000612. The predicted octanol–water partition coefficient (Wildman–Crippen LogP) is 2.48. The molecule has 5 heteroatoms. The third-order valence-corrected chi connectivity index (χ3v) is 3.80. The lowest BCUT2D eigenvalue weighted by atomic mass is 10.0. The van der Waals surface area contributed by atoms with E-state index in [0.717, 1.165) is 11.1 Å². The molecule has 0 aliphatic rings. The van der Waals surface area contributed by atoms with Gasteiger partial charge in [-0.05, 0) is 30.2 Å². The van der Waals surface area contributed by atoms with Crippen LogP contribution in [0, 0.1) is 6.92 Å². The summed E-state index contributed by atoms with van der Waals surface area (Å²) in [5.41, 5.74) is 3.33. The van der Waals surface area contributed by atoms with E-state index in [1.807, 2.05) is 43.3 Å². The minimum atomic E-state index is -3.11. The van der Waals surface area contributed by atoms with Crippen molar-refractivity contribution in [2.45, 2.75) is 11.8 Å². The van der Waals surface area contributed by atoms with Gasteiger partial charge in [0.2, 0.25) is 0 Å². The van der Waals surface area contributed by atoms with Crippen molar-refractivity contribution in [3.05, 3.63) is 54.1 Å². The molecule has 0 atom stereocenters. The summed E-state index contributed by atoms with van der Waals surface area (Å²) in [6, 6.07) is 15.1. The van der Waals surface area contributed by atoms with Crippen LogP contribution < -0.4 is 0 Å². The maximum absolute atomic E-state index is 11.3. The summed E-state index contributed by atoms with van der Waals surface area (Å²) in [7, 11) is -3.11. The maximum atomic E-state index is 11.3. The lowest BCUT2D eigenvalue weighted by Gasteiger charge is -2.03. The van der Waals surface area contributed by atoms with Crippen molar-refractivity contribution in [3.8, 4) is 11.1 Å². The Hall–Kier alpha value is -2.23. The summed E-state index contributed by atoms with van der Waals surface area (Å²) in [4.78, 5) is 16.6. The van der Waals surface area contributed by atoms with Crippen molar-refractivity contribution in [1.82, 2.24) is 0 Å². The van der Waals surface area contributed by atoms with E-state index in [0.29, 0.717) is 4.90 Å². The number of hydrogen-bond donors (Lipinski definition) is 0. The van der Waals surface area contributed by atoms with E-state index in [4.69, 9.17) is 9.59 Å².